The van der Waals surface area contributed by atoms with Crippen molar-refractivity contribution in [2.24, 2.45) is 0 Å². The van der Waals surface area contributed by atoms with E-state index in [-0.39, 0.29) is 5.56 Å². The molecule has 0 saturated carbocycles. The van der Waals surface area contributed by atoms with Gasteiger partial charge in [-0.05, 0) is 13.8 Å². The summed E-state index contributed by atoms with van der Waals surface area (Å²) in [7, 11) is 0. The summed E-state index contributed by atoms with van der Waals surface area (Å²) in [6, 6.07) is 0. The zero-order valence-corrected chi connectivity index (χ0v) is 9.38. The summed E-state index contributed by atoms with van der Waals surface area (Å²) in [6.07, 6.45) is -3.66. The third-order valence-corrected chi connectivity index (χ3v) is 2.85. The minimum absolute atomic E-state index is 0.273. The van der Waals surface area contributed by atoms with Crippen molar-refractivity contribution >= 4 is 0 Å². The highest BCUT2D eigenvalue weighted by molar-refractivity contribution is 5.02. The Morgan fingerprint density at radius 2 is 2.18 bits per heavy atom. The molecule has 2 heterocycles. The monoisotopic (exact) mass is 244 g/mol. The van der Waals surface area contributed by atoms with E-state index in [0.717, 1.165) is 4.57 Å². The zero-order chi connectivity index (χ0) is 12.7. The number of aryl methyl sites for hydroxylation is 1. The maximum Gasteiger partial charge on any atom is 0.330 e. The molecule has 1 saturated heterocycles. The second kappa shape index (κ2) is 4.08. The Kier molecular flexibility index (Phi) is 2.88. The van der Waals surface area contributed by atoms with Gasteiger partial charge in [0.1, 0.15) is 6.10 Å². The molecule has 0 amide bonds. The van der Waals surface area contributed by atoms with Crippen LogP contribution in [0.1, 0.15) is 18.7 Å². The van der Waals surface area contributed by atoms with Crippen LogP contribution in [0.4, 0.5) is 4.39 Å². The average molecular weight is 244 g/mol. The van der Waals surface area contributed by atoms with Crippen LogP contribution in [0, 0.1) is 6.92 Å². The lowest BCUT2D eigenvalue weighted by atomic mass is 10.2. The van der Waals surface area contributed by atoms with Gasteiger partial charge in [0, 0.05) is 11.8 Å². The van der Waals surface area contributed by atoms with E-state index in [1.54, 1.807) is 0 Å². The number of rotatable bonds is 1. The van der Waals surface area contributed by atoms with Gasteiger partial charge in [-0.1, -0.05) is 0 Å². The number of aliphatic hydroxyl groups is 1. The molecule has 1 aliphatic rings. The van der Waals surface area contributed by atoms with E-state index in [2.05, 4.69) is 4.98 Å². The predicted octanol–water partition coefficient (Wildman–Crippen LogP) is -0.539. The van der Waals surface area contributed by atoms with Gasteiger partial charge >= 0.3 is 5.69 Å². The molecule has 0 unspecified atom stereocenters. The molecule has 7 heteroatoms. The number of hydrogen-bond acceptors (Lipinski definition) is 4. The Labute approximate surface area is 95.7 Å². The molecule has 1 aliphatic heterocycles. The van der Waals surface area contributed by atoms with Crippen LogP contribution in [-0.4, -0.2) is 33.0 Å². The third-order valence-electron chi connectivity index (χ3n) is 2.85. The van der Waals surface area contributed by atoms with Crippen LogP contribution < -0.4 is 11.2 Å². The van der Waals surface area contributed by atoms with Crippen molar-refractivity contribution < 1.29 is 14.2 Å². The quantitative estimate of drug-likeness (QED) is 0.695. The lowest BCUT2D eigenvalue weighted by Gasteiger charge is -2.15. The van der Waals surface area contributed by atoms with Gasteiger partial charge in [0.05, 0.1) is 6.10 Å². The lowest BCUT2D eigenvalue weighted by Crippen LogP contribution is -2.36. The topological polar surface area (TPSA) is 84.3 Å². The van der Waals surface area contributed by atoms with Crippen LogP contribution >= 0.6 is 0 Å². The van der Waals surface area contributed by atoms with Crippen LogP contribution in [-0.2, 0) is 4.74 Å². The molecule has 0 aromatic carbocycles. The molecule has 0 aliphatic carbocycles. The number of H-pyrrole nitrogens is 1. The van der Waals surface area contributed by atoms with E-state index in [9.17, 15) is 19.1 Å². The highest BCUT2D eigenvalue weighted by Crippen LogP contribution is 2.30. The highest BCUT2D eigenvalue weighted by Gasteiger charge is 2.43. The van der Waals surface area contributed by atoms with Crippen LogP contribution in [0.25, 0.3) is 0 Å². The first-order valence-electron chi connectivity index (χ1n) is 5.21. The summed E-state index contributed by atoms with van der Waals surface area (Å²) in [6.45, 7) is 3.01. The Bertz CT molecular complexity index is 538. The van der Waals surface area contributed by atoms with Crippen LogP contribution in [0.2, 0.25) is 0 Å². The molecular weight excluding hydrogens is 231 g/mol. The van der Waals surface area contributed by atoms with Gasteiger partial charge in [0.25, 0.3) is 5.56 Å². The number of nitrogens with zero attached hydrogens (tertiary/aromatic N) is 1. The first-order chi connectivity index (χ1) is 7.91. The van der Waals surface area contributed by atoms with Crippen LogP contribution in [0.15, 0.2) is 15.8 Å². The Morgan fingerprint density at radius 3 is 2.71 bits per heavy atom. The smallest absolute Gasteiger partial charge is 0.330 e. The fourth-order valence-corrected chi connectivity index (χ4v) is 1.80. The van der Waals surface area contributed by atoms with Crippen LogP contribution in [0.3, 0.4) is 0 Å². The van der Waals surface area contributed by atoms with E-state index in [0.29, 0.717) is 0 Å². The minimum Gasteiger partial charge on any atom is -0.387 e. The number of aromatic amines is 1. The average Bonchev–Trinajstić information content (AvgIpc) is 2.51. The fraction of sp³-hybridized carbons (Fsp3) is 0.600. The van der Waals surface area contributed by atoms with E-state index >= 15 is 0 Å². The van der Waals surface area contributed by atoms with E-state index in [1.165, 1.54) is 20.0 Å². The van der Waals surface area contributed by atoms with Crippen molar-refractivity contribution in [3.63, 3.8) is 0 Å². The number of hydrogen-bond donors (Lipinski definition) is 2. The summed E-state index contributed by atoms with van der Waals surface area (Å²) < 4.78 is 19.8. The molecule has 0 radical (unpaired) electrons. The molecule has 0 spiro atoms. The van der Waals surface area contributed by atoms with Crippen molar-refractivity contribution in [1.82, 2.24) is 9.55 Å². The highest BCUT2D eigenvalue weighted by atomic mass is 19.1. The summed E-state index contributed by atoms with van der Waals surface area (Å²) in [4.78, 5) is 24.7. The molecule has 1 aromatic rings. The first kappa shape index (κ1) is 12.0. The molecule has 6 nitrogen and oxygen atoms in total. The number of aliphatic hydroxyl groups excluding tert-OH is 1. The Hall–Kier alpha value is -1.47. The van der Waals surface area contributed by atoms with E-state index in [1.807, 2.05) is 0 Å². The van der Waals surface area contributed by atoms with Gasteiger partial charge in [-0.3, -0.25) is 14.3 Å². The lowest BCUT2D eigenvalue weighted by molar-refractivity contribution is -0.0186. The number of aromatic nitrogens is 2. The first-order valence-corrected chi connectivity index (χ1v) is 5.21. The number of nitrogens with one attached hydrogen (secondary N) is 1. The Balaban J connectivity index is 2.46. The number of halogens is 1. The molecule has 2 N–H and O–H groups in total. The maximum absolute atomic E-state index is 13.7. The predicted molar refractivity (Wildman–Crippen MR) is 56.5 cm³/mol. The van der Waals surface area contributed by atoms with Gasteiger partial charge in [0.2, 0.25) is 0 Å². The molecule has 94 valence electrons. The van der Waals surface area contributed by atoms with Crippen molar-refractivity contribution in [3.05, 3.63) is 32.6 Å². The van der Waals surface area contributed by atoms with E-state index < -0.39 is 35.9 Å². The largest absolute Gasteiger partial charge is 0.387 e. The van der Waals surface area contributed by atoms with Gasteiger partial charge < -0.3 is 9.84 Å². The van der Waals surface area contributed by atoms with Crippen molar-refractivity contribution in [1.29, 1.82) is 0 Å². The molecule has 0 bridgehead atoms. The third kappa shape index (κ3) is 1.91. The molecule has 1 aromatic heterocycles. The normalized spacial score (nSPS) is 32.9. The minimum atomic E-state index is -1.70. The summed E-state index contributed by atoms with van der Waals surface area (Å²) >= 11 is 0. The molecule has 17 heavy (non-hydrogen) atoms. The summed E-state index contributed by atoms with van der Waals surface area (Å²) in [5, 5.41) is 9.43. The van der Waals surface area contributed by atoms with E-state index in [4.69, 9.17) is 4.74 Å². The second-order valence-corrected chi connectivity index (χ2v) is 4.15. The molecule has 1 fully saturated rings. The van der Waals surface area contributed by atoms with Crippen molar-refractivity contribution in [2.75, 3.05) is 0 Å². The van der Waals surface area contributed by atoms with Gasteiger partial charge in [0.15, 0.2) is 12.4 Å². The van der Waals surface area contributed by atoms with Crippen molar-refractivity contribution in [2.45, 2.75) is 38.5 Å². The standard InChI is InChI=1S/C10H13FN2O4/c1-4-3-13(10(16)12-8(4)15)9-6(11)7(14)5(2)17-9/h3,5-7,9,14H,1-2H3,(H,12,15,16)/t5-,6+,7-,9-/m1/s1. The van der Waals surface area contributed by atoms with Crippen LogP contribution in [0.5, 0.6) is 0 Å². The fourth-order valence-electron chi connectivity index (χ4n) is 1.80. The molecule has 4 atom stereocenters. The van der Waals surface area contributed by atoms with Crippen molar-refractivity contribution in [3.8, 4) is 0 Å². The number of alkyl halides is 1. The van der Waals surface area contributed by atoms with Gasteiger partial charge in [-0.25, -0.2) is 9.18 Å². The number of ether oxygens (including phenoxy) is 1. The summed E-state index contributed by atoms with van der Waals surface area (Å²) in [5.41, 5.74) is -1.00. The SMILES string of the molecule is Cc1cn([C@@H]2O[C@H](C)[C@@H](O)[C@@H]2F)c(=O)[nH]c1=O. The zero-order valence-electron chi connectivity index (χ0n) is 9.38. The second-order valence-electron chi connectivity index (χ2n) is 4.15. The van der Waals surface area contributed by atoms with Gasteiger partial charge in [-0.2, -0.15) is 0 Å². The summed E-state index contributed by atoms with van der Waals surface area (Å²) in [5.74, 6) is 0. The maximum atomic E-state index is 13.7. The molecular formula is C10H13FN2O4. The van der Waals surface area contributed by atoms with Gasteiger partial charge in [-0.15, -0.1) is 0 Å². The Morgan fingerprint density at radius 1 is 1.53 bits per heavy atom. The molecule has 2 rings (SSSR count).